The maximum absolute atomic E-state index is 13.2. The van der Waals surface area contributed by atoms with Crippen LogP contribution >= 0.6 is 15.9 Å². The number of carboxylic acid groups (broad SMARTS) is 1. The largest absolute Gasteiger partial charge is 0.481 e. The summed E-state index contributed by atoms with van der Waals surface area (Å²) in [6, 6.07) is 5.23. The molecule has 0 aliphatic rings. The van der Waals surface area contributed by atoms with E-state index >= 15 is 0 Å². The average molecular weight is 317 g/mol. The normalized spacial score (nSPS) is 10.6. The van der Waals surface area contributed by atoms with Crippen LogP contribution in [0.25, 0.3) is 0 Å². The molecule has 1 aromatic carbocycles. The molecule has 4 heteroatoms. The molecule has 0 amide bonds. The molecule has 1 aromatic rings. The van der Waals surface area contributed by atoms with Gasteiger partial charge in [-0.05, 0) is 52.9 Å². The SMILES string of the molecule is O=C(O)CCCCCCCc1ccc(Br)c(F)c1. The number of benzene rings is 1. The highest BCUT2D eigenvalue weighted by molar-refractivity contribution is 9.10. The second kappa shape index (κ2) is 8.25. The predicted octanol–water partition coefficient (Wildman–Crippen LogP) is 4.56. The first-order chi connectivity index (χ1) is 8.59. The van der Waals surface area contributed by atoms with Gasteiger partial charge >= 0.3 is 5.97 Å². The van der Waals surface area contributed by atoms with Crippen LogP contribution < -0.4 is 0 Å². The summed E-state index contributed by atoms with van der Waals surface area (Å²) in [5.41, 5.74) is 1.02. The molecule has 0 unspecified atom stereocenters. The molecule has 0 heterocycles. The number of halogens is 2. The maximum Gasteiger partial charge on any atom is 0.303 e. The lowest BCUT2D eigenvalue weighted by Crippen LogP contribution is -1.93. The molecule has 1 N–H and O–H groups in total. The number of carboxylic acids is 1. The summed E-state index contributed by atoms with van der Waals surface area (Å²) in [5, 5.41) is 8.47. The Labute approximate surface area is 115 Å². The maximum atomic E-state index is 13.2. The number of carbonyl (C=O) groups is 1. The van der Waals surface area contributed by atoms with Gasteiger partial charge in [0.25, 0.3) is 0 Å². The van der Waals surface area contributed by atoms with Crippen LogP contribution in [-0.2, 0) is 11.2 Å². The van der Waals surface area contributed by atoms with Crippen LogP contribution in [0.2, 0.25) is 0 Å². The minimum atomic E-state index is -0.722. The molecule has 0 aliphatic carbocycles. The van der Waals surface area contributed by atoms with E-state index in [2.05, 4.69) is 15.9 Å². The van der Waals surface area contributed by atoms with Gasteiger partial charge in [0.05, 0.1) is 4.47 Å². The van der Waals surface area contributed by atoms with Crippen LogP contribution in [-0.4, -0.2) is 11.1 Å². The molecule has 0 saturated carbocycles. The minimum absolute atomic E-state index is 0.214. The van der Waals surface area contributed by atoms with E-state index in [1.807, 2.05) is 6.07 Å². The lowest BCUT2D eigenvalue weighted by molar-refractivity contribution is -0.137. The highest BCUT2D eigenvalue weighted by Crippen LogP contribution is 2.18. The topological polar surface area (TPSA) is 37.3 Å². The Morgan fingerprint density at radius 1 is 1.17 bits per heavy atom. The Kier molecular flexibility index (Phi) is 6.94. The number of unbranched alkanes of at least 4 members (excludes halogenated alkanes) is 4. The molecular formula is C14H18BrFO2. The van der Waals surface area contributed by atoms with E-state index < -0.39 is 5.97 Å². The van der Waals surface area contributed by atoms with Crippen LogP contribution in [0.5, 0.6) is 0 Å². The van der Waals surface area contributed by atoms with E-state index in [0.717, 1.165) is 44.1 Å². The van der Waals surface area contributed by atoms with Crippen molar-refractivity contribution >= 4 is 21.9 Å². The summed E-state index contributed by atoms with van der Waals surface area (Å²) in [6.07, 6.45) is 5.99. The van der Waals surface area contributed by atoms with Crippen molar-refractivity contribution in [2.45, 2.75) is 44.9 Å². The number of aliphatic carboxylic acids is 1. The second-order valence-corrected chi connectivity index (χ2v) is 5.26. The molecule has 0 aliphatic heterocycles. The lowest BCUT2D eigenvalue weighted by atomic mass is 10.0. The standard InChI is InChI=1S/C14H18BrFO2/c15-12-9-8-11(10-13(12)16)6-4-2-1-3-5-7-14(17)18/h8-10H,1-7H2,(H,17,18). The first-order valence-electron chi connectivity index (χ1n) is 6.25. The van der Waals surface area contributed by atoms with Crippen molar-refractivity contribution in [3.63, 3.8) is 0 Å². The van der Waals surface area contributed by atoms with Crippen molar-refractivity contribution in [3.05, 3.63) is 34.1 Å². The van der Waals surface area contributed by atoms with Crippen LogP contribution in [0, 0.1) is 5.82 Å². The molecular weight excluding hydrogens is 299 g/mol. The quantitative estimate of drug-likeness (QED) is 0.714. The molecule has 0 aromatic heterocycles. The third kappa shape index (κ3) is 6.15. The van der Waals surface area contributed by atoms with Gasteiger partial charge in [0.1, 0.15) is 5.82 Å². The van der Waals surface area contributed by atoms with Crippen molar-refractivity contribution in [2.24, 2.45) is 0 Å². The smallest absolute Gasteiger partial charge is 0.303 e. The van der Waals surface area contributed by atoms with Crippen molar-refractivity contribution in [3.8, 4) is 0 Å². The number of hydrogen-bond acceptors (Lipinski definition) is 1. The minimum Gasteiger partial charge on any atom is -0.481 e. The Balaban J connectivity index is 2.10. The molecule has 0 radical (unpaired) electrons. The van der Waals surface area contributed by atoms with Crippen molar-refractivity contribution in [2.75, 3.05) is 0 Å². The van der Waals surface area contributed by atoms with Crippen LogP contribution in [0.15, 0.2) is 22.7 Å². The van der Waals surface area contributed by atoms with Gasteiger partial charge in [-0.15, -0.1) is 0 Å². The fraction of sp³-hybridized carbons (Fsp3) is 0.500. The van der Waals surface area contributed by atoms with Gasteiger partial charge in [0.15, 0.2) is 0 Å². The van der Waals surface area contributed by atoms with E-state index in [0.29, 0.717) is 4.47 Å². The summed E-state index contributed by atoms with van der Waals surface area (Å²) in [7, 11) is 0. The molecule has 0 spiro atoms. The second-order valence-electron chi connectivity index (χ2n) is 4.41. The third-order valence-corrected chi connectivity index (χ3v) is 3.48. The molecule has 1 rings (SSSR count). The molecule has 0 bridgehead atoms. The first-order valence-corrected chi connectivity index (χ1v) is 7.04. The zero-order valence-electron chi connectivity index (χ0n) is 10.3. The fourth-order valence-electron chi connectivity index (χ4n) is 1.83. The molecule has 2 nitrogen and oxygen atoms in total. The molecule has 0 atom stereocenters. The summed E-state index contributed by atoms with van der Waals surface area (Å²) in [4.78, 5) is 10.3. The summed E-state index contributed by atoms with van der Waals surface area (Å²) in [6.45, 7) is 0. The predicted molar refractivity (Wildman–Crippen MR) is 73.1 cm³/mol. The highest BCUT2D eigenvalue weighted by atomic mass is 79.9. The van der Waals surface area contributed by atoms with Crippen molar-refractivity contribution in [1.82, 2.24) is 0 Å². The Morgan fingerprint density at radius 3 is 2.50 bits per heavy atom. The zero-order valence-corrected chi connectivity index (χ0v) is 11.9. The first kappa shape index (κ1) is 15.2. The van der Waals surface area contributed by atoms with Crippen molar-refractivity contribution < 1.29 is 14.3 Å². The van der Waals surface area contributed by atoms with E-state index in [1.165, 1.54) is 0 Å². The Morgan fingerprint density at radius 2 is 1.83 bits per heavy atom. The van der Waals surface area contributed by atoms with Crippen LogP contribution in [0.4, 0.5) is 4.39 Å². The molecule has 0 saturated heterocycles. The summed E-state index contributed by atoms with van der Waals surface area (Å²) >= 11 is 3.13. The molecule has 100 valence electrons. The van der Waals surface area contributed by atoms with Gasteiger partial charge in [0.2, 0.25) is 0 Å². The highest BCUT2D eigenvalue weighted by Gasteiger charge is 2.01. The number of aryl methyl sites for hydroxylation is 1. The van der Waals surface area contributed by atoms with Gasteiger partial charge in [0, 0.05) is 6.42 Å². The number of rotatable bonds is 8. The van der Waals surface area contributed by atoms with E-state index in [9.17, 15) is 9.18 Å². The van der Waals surface area contributed by atoms with E-state index in [4.69, 9.17) is 5.11 Å². The number of hydrogen-bond donors (Lipinski definition) is 1. The monoisotopic (exact) mass is 316 g/mol. The third-order valence-electron chi connectivity index (χ3n) is 2.84. The van der Waals surface area contributed by atoms with Gasteiger partial charge in [-0.2, -0.15) is 0 Å². The molecule has 0 fully saturated rings. The van der Waals surface area contributed by atoms with Crippen LogP contribution in [0.3, 0.4) is 0 Å². The zero-order chi connectivity index (χ0) is 13.4. The van der Waals surface area contributed by atoms with E-state index in [1.54, 1.807) is 12.1 Å². The van der Waals surface area contributed by atoms with E-state index in [-0.39, 0.29) is 12.2 Å². The summed E-state index contributed by atoms with van der Waals surface area (Å²) < 4.78 is 13.7. The van der Waals surface area contributed by atoms with Gasteiger partial charge in [-0.3, -0.25) is 4.79 Å². The lowest BCUT2D eigenvalue weighted by Gasteiger charge is -2.03. The van der Waals surface area contributed by atoms with Crippen LogP contribution in [0.1, 0.15) is 44.1 Å². The van der Waals surface area contributed by atoms with Gasteiger partial charge in [-0.1, -0.05) is 25.3 Å². The fourth-order valence-corrected chi connectivity index (χ4v) is 2.08. The summed E-state index contributed by atoms with van der Waals surface area (Å²) in [5.74, 6) is -0.936. The van der Waals surface area contributed by atoms with Gasteiger partial charge < -0.3 is 5.11 Å². The van der Waals surface area contributed by atoms with Gasteiger partial charge in [-0.25, -0.2) is 4.39 Å². The Hall–Kier alpha value is -0.900. The molecule has 18 heavy (non-hydrogen) atoms. The average Bonchev–Trinajstić information content (AvgIpc) is 2.32. The Bertz CT molecular complexity index is 393. The van der Waals surface area contributed by atoms with Crippen molar-refractivity contribution in [1.29, 1.82) is 0 Å².